The molecule has 0 amide bonds. The highest BCUT2D eigenvalue weighted by Gasteiger charge is 2.07. The summed E-state index contributed by atoms with van der Waals surface area (Å²) in [6, 6.07) is 4.21. The van der Waals surface area contributed by atoms with Gasteiger partial charge in [-0.25, -0.2) is 0 Å². The molecular formula is C11H15N3S. The summed E-state index contributed by atoms with van der Waals surface area (Å²) in [7, 11) is 0. The molecule has 0 radical (unpaired) electrons. The minimum absolute atomic E-state index is 0.628. The summed E-state index contributed by atoms with van der Waals surface area (Å²) in [4.78, 5) is 1.34. The topological polar surface area (TPSA) is 30.7 Å². The Hall–Kier alpha value is -1.16. The molecule has 0 unspecified atom stereocenters. The van der Waals surface area contributed by atoms with Crippen LogP contribution in [0.15, 0.2) is 23.8 Å². The van der Waals surface area contributed by atoms with Crippen molar-refractivity contribution in [1.29, 1.82) is 0 Å². The zero-order chi connectivity index (χ0) is 10.7. The first-order valence-electron chi connectivity index (χ1n) is 5.15. The molecule has 4 heteroatoms. The van der Waals surface area contributed by atoms with Gasteiger partial charge in [-0.05, 0) is 17.4 Å². The minimum atomic E-state index is 0.628. The molecule has 2 heterocycles. The molecule has 80 valence electrons. The molecule has 0 atom stereocenters. The van der Waals surface area contributed by atoms with E-state index in [1.165, 1.54) is 4.88 Å². The van der Waals surface area contributed by atoms with Crippen LogP contribution in [0, 0.1) is 5.92 Å². The molecule has 2 aromatic rings. The van der Waals surface area contributed by atoms with Gasteiger partial charge >= 0.3 is 0 Å². The van der Waals surface area contributed by atoms with Crippen molar-refractivity contribution in [3.63, 3.8) is 0 Å². The molecule has 0 aliphatic rings. The van der Waals surface area contributed by atoms with Crippen molar-refractivity contribution in [2.45, 2.75) is 26.8 Å². The fourth-order valence-corrected chi connectivity index (χ4v) is 2.23. The van der Waals surface area contributed by atoms with Crippen LogP contribution in [0.25, 0.3) is 0 Å². The molecule has 0 bridgehead atoms. The van der Waals surface area contributed by atoms with E-state index in [2.05, 4.69) is 46.1 Å². The Morgan fingerprint density at radius 3 is 3.00 bits per heavy atom. The van der Waals surface area contributed by atoms with Gasteiger partial charge in [-0.2, -0.15) is 0 Å². The molecule has 0 aliphatic carbocycles. The number of rotatable bonds is 4. The van der Waals surface area contributed by atoms with Gasteiger partial charge in [0.1, 0.15) is 12.2 Å². The van der Waals surface area contributed by atoms with Gasteiger partial charge in [0, 0.05) is 17.8 Å². The third-order valence-corrected chi connectivity index (χ3v) is 3.05. The van der Waals surface area contributed by atoms with E-state index in [9.17, 15) is 0 Å². The van der Waals surface area contributed by atoms with Crippen molar-refractivity contribution in [1.82, 2.24) is 14.8 Å². The summed E-state index contributed by atoms with van der Waals surface area (Å²) < 4.78 is 2.14. The second kappa shape index (κ2) is 4.57. The molecule has 2 rings (SSSR count). The molecular weight excluding hydrogens is 206 g/mol. The van der Waals surface area contributed by atoms with Gasteiger partial charge in [0.05, 0.1) is 0 Å². The molecule has 0 saturated heterocycles. The summed E-state index contributed by atoms with van der Waals surface area (Å²) >= 11 is 1.77. The van der Waals surface area contributed by atoms with E-state index in [0.29, 0.717) is 5.92 Å². The lowest BCUT2D eigenvalue weighted by Gasteiger charge is -2.07. The molecule has 0 spiro atoms. The normalized spacial score (nSPS) is 11.1. The number of nitrogens with zero attached hydrogens (tertiary/aromatic N) is 3. The predicted octanol–water partition coefficient (Wildman–Crippen LogP) is 2.59. The molecule has 0 N–H and O–H groups in total. The Bertz CT molecular complexity index is 403. The molecule has 3 nitrogen and oxygen atoms in total. The predicted molar refractivity (Wildman–Crippen MR) is 62.0 cm³/mol. The van der Waals surface area contributed by atoms with Crippen molar-refractivity contribution >= 4 is 11.3 Å². The third-order valence-electron chi connectivity index (χ3n) is 2.17. The zero-order valence-electron chi connectivity index (χ0n) is 9.05. The summed E-state index contributed by atoms with van der Waals surface area (Å²) in [6.45, 7) is 5.40. The Labute approximate surface area is 93.8 Å². The lowest BCUT2D eigenvalue weighted by atomic mass is 10.2. The van der Waals surface area contributed by atoms with Crippen LogP contribution in [-0.2, 0) is 13.0 Å². The maximum atomic E-state index is 4.16. The molecule has 2 aromatic heterocycles. The molecule has 0 saturated carbocycles. The Kier molecular flexibility index (Phi) is 3.16. The lowest BCUT2D eigenvalue weighted by molar-refractivity contribution is 0.509. The average molecular weight is 221 g/mol. The fraction of sp³-hybridized carbons (Fsp3) is 0.455. The number of thiophene rings is 1. The van der Waals surface area contributed by atoms with Gasteiger partial charge in [0.2, 0.25) is 0 Å². The minimum Gasteiger partial charge on any atom is -0.317 e. The van der Waals surface area contributed by atoms with Crippen LogP contribution in [-0.4, -0.2) is 14.8 Å². The van der Waals surface area contributed by atoms with Gasteiger partial charge < -0.3 is 4.57 Å². The maximum absolute atomic E-state index is 4.16. The monoisotopic (exact) mass is 221 g/mol. The van der Waals surface area contributed by atoms with Crippen LogP contribution in [0.4, 0.5) is 0 Å². The highest BCUT2D eigenvalue weighted by Crippen LogP contribution is 2.13. The Morgan fingerprint density at radius 1 is 1.47 bits per heavy atom. The van der Waals surface area contributed by atoms with Crippen molar-refractivity contribution in [3.05, 3.63) is 34.5 Å². The molecule has 0 fully saturated rings. The van der Waals surface area contributed by atoms with Gasteiger partial charge in [-0.15, -0.1) is 21.5 Å². The van der Waals surface area contributed by atoms with Crippen LogP contribution in [0.5, 0.6) is 0 Å². The van der Waals surface area contributed by atoms with Crippen LogP contribution < -0.4 is 0 Å². The fourth-order valence-electron chi connectivity index (χ4n) is 1.53. The van der Waals surface area contributed by atoms with Crippen molar-refractivity contribution in [3.8, 4) is 0 Å². The second-order valence-electron chi connectivity index (χ2n) is 4.05. The van der Waals surface area contributed by atoms with Crippen LogP contribution >= 0.6 is 11.3 Å². The van der Waals surface area contributed by atoms with Crippen LogP contribution in [0.3, 0.4) is 0 Å². The number of hydrogen-bond donors (Lipinski definition) is 0. The summed E-state index contributed by atoms with van der Waals surface area (Å²) in [5, 5.41) is 10.2. The smallest absolute Gasteiger partial charge is 0.138 e. The molecule has 0 aliphatic heterocycles. The lowest BCUT2D eigenvalue weighted by Crippen LogP contribution is -2.07. The van der Waals surface area contributed by atoms with Crippen molar-refractivity contribution < 1.29 is 0 Å². The first kappa shape index (κ1) is 10.4. The number of aromatic nitrogens is 3. The number of hydrogen-bond acceptors (Lipinski definition) is 3. The van der Waals surface area contributed by atoms with E-state index < -0.39 is 0 Å². The summed E-state index contributed by atoms with van der Waals surface area (Å²) in [5.74, 6) is 1.69. The highest BCUT2D eigenvalue weighted by atomic mass is 32.1. The highest BCUT2D eigenvalue weighted by molar-refractivity contribution is 7.09. The first-order chi connectivity index (χ1) is 7.25. The Morgan fingerprint density at radius 2 is 2.33 bits per heavy atom. The van der Waals surface area contributed by atoms with Gasteiger partial charge in [0.15, 0.2) is 0 Å². The van der Waals surface area contributed by atoms with E-state index in [1.54, 1.807) is 11.3 Å². The van der Waals surface area contributed by atoms with E-state index in [0.717, 1.165) is 18.8 Å². The van der Waals surface area contributed by atoms with E-state index in [1.807, 2.05) is 6.33 Å². The summed E-state index contributed by atoms with van der Waals surface area (Å²) in [6.07, 6.45) is 2.72. The SMILES string of the molecule is CC(C)Cn1cnnc1Cc1cccs1. The average Bonchev–Trinajstić information content (AvgIpc) is 2.78. The van der Waals surface area contributed by atoms with Crippen molar-refractivity contribution in [2.24, 2.45) is 5.92 Å². The van der Waals surface area contributed by atoms with Gasteiger partial charge in [-0.1, -0.05) is 19.9 Å². The molecule has 15 heavy (non-hydrogen) atoms. The van der Waals surface area contributed by atoms with E-state index in [-0.39, 0.29) is 0 Å². The molecule has 0 aromatic carbocycles. The maximum Gasteiger partial charge on any atom is 0.138 e. The van der Waals surface area contributed by atoms with Crippen molar-refractivity contribution in [2.75, 3.05) is 0 Å². The van der Waals surface area contributed by atoms with Crippen LogP contribution in [0.1, 0.15) is 24.5 Å². The van der Waals surface area contributed by atoms with E-state index >= 15 is 0 Å². The van der Waals surface area contributed by atoms with E-state index in [4.69, 9.17) is 0 Å². The van der Waals surface area contributed by atoms with Gasteiger partial charge in [0.25, 0.3) is 0 Å². The summed E-state index contributed by atoms with van der Waals surface area (Å²) in [5.41, 5.74) is 0. The first-order valence-corrected chi connectivity index (χ1v) is 6.02. The zero-order valence-corrected chi connectivity index (χ0v) is 9.87. The van der Waals surface area contributed by atoms with Gasteiger partial charge in [-0.3, -0.25) is 0 Å². The largest absolute Gasteiger partial charge is 0.317 e. The second-order valence-corrected chi connectivity index (χ2v) is 5.08. The standard InChI is InChI=1S/C11H15N3S/c1-9(2)7-14-8-12-13-11(14)6-10-4-3-5-15-10/h3-5,8-9H,6-7H2,1-2H3. The quantitative estimate of drug-likeness (QED) is 0.794. The third kappa shape index (κ3) is 2.65. The van der Waals surface area contributed by atoms with Crippen LogP contribution in [0.2, 0.25) is 0 Å². The Balaban J connectivity index is 2.11.